The number of para-hydroxylation sites is 1. The van der Waals surface area contributed by atoms with Crippen LogP contribution in [0.3, 0.4) is 0 Å². The number of carbonyl (C=O) groups excluding carboxylic acids is 1. The van der Waals surface area contributed by atoms with Gasteiger partial charge >= 0.3 is 0 Å². The predicted octanol–water partition coefficient (Wildman–Crippen LogP) is 3.55. The van der Waals surface area contributed by atoms with E-state index in [0.717, 1.165) is 23.2 Å². The summed E-state index contributed by atoms with van der Waals surface area (Å²) in [5, 5.41) is 0. The van der Waals surface area contributed by atoms with Crippen LogP contribution in [0.15, 0.2) is 42.5 Å². The van der Waals surface area contributed by atoms with Crippen LogP contribution in [0.1, 0.15) is 17.3 Å². The van der Waals surface area contributed by atoms with Crippen LogP contribution in [0.5, 0.6) is 11.5 Å². The van der Waals surface area contributed by atoms with Crippen LogP contribution in [-0.4, -0.2) is 26.8 Å². The second-order valence-corrected chi connectivity index (χ2v) is 4.35. The molecular weight excluding hydrogens is 268 g/mol. The molecule has 0 aliphatic carbocycles. The van der Waals surface area contributed by atoms with Gasteiger partial charge in [0.1, 0.15) is 17.8 Å². The van der Waals surface area contributed by atoms with E-state index < -0.39 is 0 Å². The molecule has 0 N–H and O–H groups in total. The SMILES string of the molecule is CCOc1ccc(C=O)cc1-c1ccccc1OCOC. The number of rotatable bonds is 7. The van der Waals surface area contributed by atoms with E-state index in [2.05, 4.69) is 0 Å². The highest BCUT2D eigenvalue weighted by molar-refractivity contribution is 5.83. The van der Waals surface area contributed by atoms with Crippen LogP contribution >= 0.6 is 0 Å². The number of ether oxygens (including phenoxy) is 3. The number of hydrogen-bond acceptors (Lipinski definition) is 4. The number of aldehydes is 1. The Hall–Kier alpha value is -2.33. The monoisotopic (exact) mass is 286 g/mol. The van der Waals surface area contributed by atoms with Gasteiger partial charge in [-0.1, -0.05) is 18.2 Å². The Bertz CT molecular complexity index is 607. The Morgan fingerprint density at radius 3 is 2.48 bits per heavy atom. The van der Waals surface area contributed by atoms with Crippen molar-refractivity contribution in [3.63, 3.8) is 0 Å². The first kappa shape index (κ1) is 15.1. The Balaban J connectivity index is 2.51. The molecule has 0 aliphatic heterocycles. The van der Waals surface area contributed by atoms with Crippen LogP contribution in [-0.2, 0) is 4.74 Å². The summed E-state index contributed by atoms with van der Waals surface area (Å²) in [5.74, 6) is 1.40. The second kappa shape index (κ2) is 7.45. The molecule has 0 bridgehead atoms. The molecule has 0 heterocycles. The minimum atomic E-state index is 0.161. The summed E-state index contributed by atoms with van der Waals surface area (Å²) in [5.41, 5.74) is 2.28. The first-order chi connectivity index (χ1) is 10.3. The topological polar surface area (TPSA) is 44.8 Å². The summed E-state index contributed by atoms with van der Waals surface area (Å²) in [4.78, 5) is 11.0. The van der Waals surface area contributed by atoms with Crippen LogP contribution < -0.4 is 9.47 Å². The minimum absolute atomic E-state index is 0.161. The standard InChI is InChI=1S/C17H18O4/c1-3-20-17-9-8-13(11-18)10-15(17)14-6-4-5-7-16(14)21-12-19-2/h4-11H,3,12H2,1-2H3. The largest absolute Gasteiger partial charge is 0.493 e. The van der Waals surface area contributed by atoms with Gasteiger partial charge in [-0.05, 0) is 31.2 Å². The molecule has 2 aromatic rings. The van der Waals surface area contributed by atoms with E-state index in [9.17, 15) is 4.79 Å². The molecule has 0 saturated heterocycles. The summed E-state index contributed by atoms with van der Waals surface area (Å²) in [6, 6.07) is 12.9. The average molecular weight is 286 g/mol. The lowest BCUT2D eigenvalue weighted by Crippen LogP contribution is -2.01. The fourth-order valence-electron chi connectivity index (χ4n) is 2.05. The zero-order chi connectivity index (χ0) is 15.1. The van der Waals surface area contributed by atoms with Gasteiger partial charge in [-0.25, -0.2) is 0 Å². The number of carbonyl (C=O) groups is 1. The predicted molar refractivity (Wildman–Crippen MR) is 80.9 cm³/mol. The molecule has 0 amide bonds. The van der Waals surface area contributed by atoms with Gasteiger partial charge in [-0.2, -0.15) is 0 Å². The highest BCUT2D eigenvalue weighted by Crippen LogP contribution is 2.36. The molecule has 4 heteroatoms. The van der Waals surface area contributed by atoms with Crippen molar-refractivity contribution < 1.29 is 19.0 Å². The van der Waals surface area contributed by atoms with Crippen LogP contribution in [0.25, 0.3) is 11.1 Å². The van der Waals surface area contributed by atoms with Crippen molar-refractivity contribution in [2.75, 3.05) is 20.5 Å². The molecule has 110 valence electrons. The molecule has 0 atom stereocenters. The molecule has 0 aliphatic rings. The zero-order valence-electron chi connectivity index (χ0n) is 12.2. The van der Waals surface area contributed by atoms with Gasteiger partial charge in [-0.15, -0.1) is 0 Å². The van der Waals surface area contributed by atoms with Crippen molar-refractivity contribution in [1.29, 1.82) is 0 Å². The zero-order valence-corrected chi connectivity index (χ0v) is 12.2. The highest BCUT2D eigenvalue weighted by Gasteiger charge is 2.12. The van der Waals surface area contributed by atoms with Crippen LogP contribution in [0, 0.1) is 0 Å². The smallest absolute Gasteiger partial charge is 0.188 e. The highest BCUT2D eigenvalue weighted by atomic mass is 16.7. The molecule has 0 spiro atoms. The van der Waals surface area contributed by atoms with Crippen LogP contribution in [0.4, 0.5) is 0 Å². The fraction of sp³-hybridized carbons (Fsp3) is 0.235. The summed E-state index contributed by atoms with van der Waals surface area (Å²) >= 11 is 0. The third-order valence-corrected chi connectivity index (χ3v) is 2.95. The molecular formula is C17H18O4. The average Bonchev–Trinajstić information content (AvgIpc) is 2.54. The third kappa shape index (κ3) is 3.61. The summed E-state index contributed by atoms with van der Waals surface area (Å²) < 4.78 is 16.2. The number of methoxy groups -OCH3 is 1. The Morgan fingerprint density at radius 1 is 1.00 bits per heavy atom. The summed E-state index contributed by atoms with van der Waals surface area (Å²) in [7, 11) is 1.57. The van der Waals surface area contributed by atoms with Crippen molar-refractivity contribution in [3.8, 4) is 22.6 Å². The molecule has 0 saturated carbocycles. The Kier molecular flexibility index (Phi) is 5.35. The van der Waals surface area contributed by atoms with E-state index in [1.807, 2.05) is 31.2 Å². The maximum atomic E-state index is 11.0. The van der Waals surface area contributed by atoms with Crippen molar-refractivity contribution in [1.82, 2.24) is 0 Å². The van der Waals surface area contributed by atoms with Gasteiger partial charge in [-0.3, -0.25) is 4.79 Å². The molecule has 21 heavy (non-hydrogen) atoms. The molecule has 0 radical (unpaired) electrons. The summed E-state index contributed by atoms with van der Waals surface area (Å²) in [6.45, 7) is 2.63. The van der Waals surface area contributed by atoms with Crippen molar-refractivity contribution in [2.24, 2.45) is 0 Å². The normalized spacial score (nSPS) is 10.2. The van der Waals surface area contributed by atoms with Gasteiger partial charge in [0, 0.05) is 23.8 Å². The van der Waals surface area contributed by atoms with E-state index in [1.54, 1.807) is 25.3 Å². The Labute approximate surface area is 124 Å². The molecule has 2 rings (SSSR count). The van der Waals surface area contributed by atoms with Gasteiger partial charge < -0.3 is 14.2 Å². The fourth-order valence-corrected chi connectivity index (χ4v) is 2.05. The molecule has 4 nitrogen and oxygen atoms in total. The van der Waals surface area contributed by atoms with E-state index in [0.29, 0.717) is 17.9 Å². The van der Waals surface area contributed by atoms with E-state index >= 15 is 0 Å². The van der Waals surface area contributed by atoms with Crippen molar-refractivity contribution in [3.05, 3.63) is 48.0 Å². The lowest BCUT2D eigenvalue weighted by Gasteiger charge is -2.15. The lowest BCUT2D eigenvalue weighted by atomic mass is 10.0. The van der Waals surface area contributed by atoms with E-state index in [1.165, 1.54) is 0 Å². The minimum Gasteiger partial charge on any atom is -0.493 e. The van der Waals surface area contributed by atoms with Crippen LogP contribution in [0.2, 0.25) is 0 Å². The maximum Gasteiger partial charge on any atom is 0.188 e. The first-order valence-electron chi connectivity index (χ1n) is 6.73. The van der Waals surface area contributed by atoms with Gasteiger partial charge in [0.2, 0.25) is 0 Å². The molecule has 2 aromatic carbocycles. The summed E-state index contributed by atoms with van der Waals surface area (Å²) in [6.07, 6.45) is 0.817. The van der Waals surface area contributed by atoms with Crippen molar-refractivity contribution >= 4 is 6.29 Å². The maximum absolute atomic E-state index is 11.0. The van der Waals surface area contributed by atoms with Gasteiger partial charge in [0.15, 0.2) is 6.79 Å². The van der Waals surface area contributed by atoms with Gasteiger partial charge in [0.25, 0.3) is 0 Å². The quantitative estimate of drug-likeness (QED) is 0.577. The van der Waals surface area contributed by atoms with E-state index in [4.69, 9.17) is 14.2 Å². The number of hydrogen-bond donors (Lipinski definition) is 0. The third-order valence-electron chi connectivity index (χ3n) is 2.95. The van der Waals surface area contributed by atoms with E-state index in [-0.39, 0.29) is 6.79 Å². The molecule has 0 fully saturated rings. The van der Waals surface area contributed by atoms with Crippen molar-refractivity contribution in [2.45, 2.75) is 6.92 Å². The first-order valence-corrected chi connectivity index (χ1v) is 6.73. The Morgan fingerprint density at radius 2 is 1.76 bits per heavy atom. The number of benzene rings is 2. The molecule has 0 unspecified atom stereocenters. The second-order valence-electron chi connectivity index (χ2n) is 4.35. The lowest BCUT2D eigenvalue weighted by molar-refractivity contribution is 0.0515. The van der Waals surface area contributed by atoms with Gasteiger partial charge in [0.05, 0.1) is 6.61 Å². The molecule has 0 aromatic heterocycles.